The van der Waals surface area contributed by atoms with Gasteiger partial charge in [-0.15, -0.1) is 10.2 Å². The number of nitrogens with one attached hydrogen (secondary N) is 1. The molecule has 2 heterocycles. The second kappa shape index (κ2) is 5.89. The number of hydrogen-bond donors (Lipinski definition) is 1. The van der Waals surface area contributed by atoms with Gasteiger partial charge in [0, 0.05) is 13.0 Å². The first-order valence-electron chi connectivity index (χ1n) is 7.00. The number of hydrogen-bond acceptors (Lipinski definition) is 5. The minimum atomic E-state index is 0.0312. The molecule has 0 bridgehead atoms. The minimum Gasteiger partial charge on any atom is -0.483 e. The van der Waals surface area contributed by atoms with Gasteiger partial charge >= 0.3 is 0 Å². The second-order valence-corrected chi connectivity index (χ2v) is 6.57. The molecular weight excluding hydrogens is 270 g/mol. The van der Waals surface area contributed by atoms with E-state index in [-0.39, 0.29) is 6.10 Å². The Morgan fingerprint density at radius 1 is 1.35 bits per heavy atom. The van der Waals surface area contributed by atoms with Crippen LogP contribution in [0.5, 0.6) is 5.75 Å². The third-order valence-corrected chi connectivity index (χ3v) is 4.25. The summed E-state index contributed by atoms with van der Waals surface area (Å²) >= 11 is 1.64. The summed E-state index contributed by atoms with van der Waals surface area (Å²) in [7, 11) is 0. The van der Waals surface area contributed by atoms with Gasteiger partial charge in [-0.1, -0.05) is 43.4 Å². The van der Waals surface area contributed by atoms with Crippen molar-refractivity contribution in [2.75, 3.05) is 6.54 Å². The zero-order valence-electron chi connectivity index (χ0n) is 11.8. The largest absolute Gasteiger partial charge is 0.483 e. The van der Waals surface area contributed by atoms with Gasteiger partial charge in [0.1, 0.15) is 10.8 Å². The lowest BCUT2D eigenvalue weighted by atomic mass is 10.1. The van der Waals surface area contributed by atoms with E-state index in [1.54, 1.807) is 11.3 Å². The van der Waals surface area contributed by atoms with Gasteiger partial charge in [0.05, 0.1) is 0 Å². The number of para-hydroxylation sites is 1. The first-order chi connectivity index (χ1) is 9.72. The van der Waals surface area contributed by atoms with Gasteiger partial charge in [0.25, 0.3) is 0 Å². The number of nitrogens with zero attached hydrogens (tertiary/aromatic N) is 2. The number of ether oxygens (including phenoxy) is 1. The summed E-state index contributed by atoms with van der Waals surface area (Å²) in [4.78, 5) is 0. The van der Waals surface area contributed by atoms with Gasteiger partial charge < -0.3 is 10.1 Å². The van der Waals surface area contributed by atoms with Crippen LogP contribution in [-0.2, 0) is 13.0 Å². The van der Waals surface area contributed by atoms with Gasteiger partial charge in [0.2, 0.25) is 0 Å². The minimum absolute atomic E-state index is 0.0312. The topological polar surface area (TPSA) is 47.0 Å². The van der Waals surface area contributed by atoms with Crippen molar-refractivity contribution in [3.05, 3.63) is 39.8 Å². The number of benzene rings is 1. The van der Waals surface area contributed by atoms with Gasteiger partial charge in [0.15, 0.2) is 11.1 Å². The summed E-state index contributed by atoms with van der Waals surface area (Å²) in [6.07, 6.45) is 0.924. The summed E-state index contributed by atoms with van der Waals surface area (Å²) in [6.45, 7) is 6.18. The molecule has 106 valence electrons. The average molecular weight is 289 g/mol. The Labute approximate surface area is 123 Å². The van der Waals surface area contributed by atoms with Crippen LogP contribution in [0.25, 0.3) is 0 Å². The fraction of sp³-hybridized carbons (Fsp3) is 0.467. The highest BCUT2D eigenvalue weighted by molar-refractivity contribution is 7.11. The van der Waals surface area contributed by atoms with Gasteiger partial charge in [-0.2, -0.15) is 0 Å². The first kappa shape index (κ1) is 13.5. The van der Waals surface area contributed by atoms with Crippen LogP contribution in [-0.4, -0.2) is 16.7 Å². The van der Waals surface area contributed by atoms with Crippen molar-refractivity contribution < 1.29 is 4.74 Å². The highest BCUT2D eigenvalue weighted by Gasteiger charge is 2.27. The van der Waals surface area contributed by atoms with E-state index in [1.165, 1.54) is 5.56 Å². The summed E-state index contributed by atoms with van der Waals surface area (Å²) < 4.78 is 5.94. The predicted molar refractivity (Wildman–Crippen MR) is 80.0 cm³/mol. The molecule has 3 rings (SSSR count). The Morgan fingerprint density at radius 2 is 2.20 bits per heavy atom. The van der Waals surface area contributed by atoms with Crippen LogP contribution in [0.15, 0.2) is 24.3 Å². The zero-order chi connectivity index (χ0) is 13.9. The lowest BCUT2D eigenvalue weighted by Gasteiger charge is -2.05. The molecule has 1 aromatic heterocycles. The highest BCUT2D eigenvalue weighted by atomic mass is 32.1. The molecular formula is C15H19N3OS. The molecule has 0 radical (unpaired) electrons. The van der Waals surface area contributed by atoms with Crippen LogP contribution in [0.2, 0.25) is 0 Å². The van der Waals surface area contributed by atoms with Crippen molar-refractivity contribution in [1.29, 1.82) is 0 Å². The van der Waals surface area contributed by atoms with E-state index in [0.29, 0.717) is 5.92 Å². The molecule has 1 aliphatic heterocycles. The quantitative estimate of drug-likeness (QED) is 0.919. The molecule has 0 amide bonds. The van der Waals surface area contributed by atoms with Crippen LogP contribution < -0.4 is 10.1 Å². The molecule has 5 heteroatoms. The Bertz CT molecular complexity index is 557. The smallest absolute Gasteiger partial charge is 0.158 e. The van der Waals surface area contributed by atoms with Crippen molar-refractivity contribution in [2.24, 2.45) is 5.92 Å². The van der Waals surface area contributed by atoms with Crippen LogP contribution in [0.3, 0.4) is 0 Å². The summed E-state index contributed by atoms with van der Waals surface area (Å²) in [5, 5.41) is 13.9. The molecule has 0 aliphatic carbocycles. The normalized spacial score (nSPS) is 17.2. The standard InChI is InChI=1S/C15H19N3OS/c1-10(2)8-16-9-14-17-18-15(20-14)13-7-11-5-3-4-6-12(11)19-13/h3-6,10,13,16H,7-9H2,1-2H3. The van der Waals surface area contributed by atoms with Gasteiger partial charge in [-0.05, 0) is 24.1 Å². The average Bonchev–Trinajstić information content (AvgIpc) is 3.03. The Balaban J connectivity index is 1.61. The lowest BCUT2D eigenvalue weighted by molar-refractivity contribution is 0.237. The van der Waals surface area contributed by atoms with Crippen molar-refractivity contribution in [3.63, 3.8) is 0 Å². The molecule has 0 saturated carbocycles. The van der Waals surface area contributed by atoms with E-state index in [4.69, 9.17) is 4.74 Å². The predicted octanol–water partition coefficient (Wildman–Crippen LogP) is 2.96. The maximum Gasteiger partial charge on any atom is 0.158 e. The fourth-order valence-corrected chi connectivity index (χ4v) is 3.10. The number of aromatic nitrogens is 2. The first-order valence-corrected chi connectivity index (χ1v) is 7.81. The molecule has 1 aromatic carbocycles. The SMILES string of the molecule is CC(C)CNCc1nnc(C2Cc3ccccc3O2)s1. The maximum atomic E-state index is 5.94. The van der Waals surface area contributed by atoms with E-state index < -0.39 is 0 Å². The van der Waals surface area contributed by atoms with E-state index >= 15 is 0 Å². The Kier molecular flexibility index (Phi) is 3.98. The van der Waals surface area contributed by atoms with Crippen molar-refractivity contribution in [2.45, 2.75) is 32.9 Å². The van der Waals surface area contributed by atoms with Crippen LogP contribution >= 0.6 is 11.3 Å². The van der Waals surface area contributed by atoms with Crippen molar-refractivity contribution in [1.82, 2.24) is 15.5 Å². The van der Waals surface area contributed by atoms with Crippen molar-refractivity contribution >= 4 is 11.3 Å². The molecule has 0 spiro atoms. The molecule has 1 aliphatic rings. The Morgan fingerprint density at radius 3 is 3.00 bits per heavy atom. The molecule has 20 heavy (non-hydrogen) atoms. The molecule has 1 atom stereocenters. The Hall–Kier alpha value is -1.46. The van der Waals surface area contributed by atoms with Crippen molar-refractivity contribution in [3.8, 4) is 5.75 Å². The summed E-state index contributed by atoms with van der Waals surface area (Å²) in [5.41, 5.74) is 1.26. The monoisotopic (exact) mass is 289 g/mol. The van der Waals surface area contributed by atoms with Gasteiger partial charge in [-0.3, -0.25) is 0 Å². The van der Waals surface area contributed by atoms with Crippen LogP contribution in [0, 0.1) is 5.92 Å². The summed E-state index contributed by atoms with van der Waals surface area (Å²) in [5.74, 6) is 1.63. The molecule has 2 aromatic rings. The second-order valence-electron chi connectivity index (χ2n) is 5.48. The maximum absolute atomic E-state index is 5.94. The van der Waals surface area contributed by atoms with E-state index in [9.17, 15) is 0 Å². The summed E-state index contributed by atoms with van der Waals surface area (Å²) in [6, 6.07) is 8.18. The molecule has 0 fully saturated rings. The highest BCUT2D eigenvalue weighted by Crippen LogP contribution is 2.37. The third-order valence-electron chi connectivity index (χ3n) is 3.23. The molecule has 1 unspecified atom stereocenters. The molecule has 0 saturated heterocycles. The molecule has 1 N–H and O–H groups in total. The fourth-order valence-electron chi connectivity index (χ4n) is 2.26. The van der Waals surface area contributed by atoms with Crippen LogP contribution in [0.4, 0.5) is 0 Å². The zero-order valence-corrected chi connectivity index (χ0v) is 12.6. The number of fused-ring (bicyclic) bond motifs is 1. The van der Waals surface area contributed by atoms with E-state index in [1.807, 2.05) is 18.2 Å². The van der Waals surface area contributed by atoms with Gasteiger partial charge in [-0.25, -0.2) is 0 Å². The van der Waals surface area contributed by atoms with E-state index in [2.05, 4.69) is 35.4 Å². The third kappa shape index (κ3) is 2.99. The lowest BCUT2D eigenvalue weighted by Crippen LogP contribution is -2.18. The van der Waals surface area contributed by atoms with Crippen LogP contribution in [0.1, 0.15) is 35.5 Å². The number of rotatable bonds is 5. The van der Waals surface area contributed by atoms with E-state index in [0.717, 1.165) is 35.3 Å². The molecule has 4 nitrogen and oxygen atoms in total.